The molecule has 0 bridgehead atoms. The molecule has 2 aliphatic heterocycles. The number of benzene rings is 2. The molecular weight excluding hydrogens is 432 g/mol. The number of rotatable bonds is 7. The lowest BCUT2D eigenvalue weighted by Gasteiger charge is -2.29. The number of anilines is 1. The fraction of sp³-hybridized carbons (Fsp3) is 0.444. The van der Waals surface area contributed by atoms with E-state index in [0.717, 1.165) is 31.5 Å². The molecule has 2 aromatic rings. The topological polar surface area (TPSA) is 69.3 Å². The third-order valence-corrected chi connectivity index (χ3v) is 6.36. The first-order valence-electron chi connectivity index (χ1n) is 11.7. The van der Waals surface area contributed by atoms with E-state index in [4.69, 9.17) is 18.9 Å². The number of nitrogens with one attached hydrogen (secondary N) is 1. The van der Waals surface area contributed by atoms with Gasteiger partial charge >= 0.3 is 0 Å². The Morgan fingerprint density at radius 2 is 1.88 bits per heavy atom. The quantitative estimate of drug-likeness (QED) is 0.629. The molecule has 1 saturated heterocycles. The summed E-state index contributed by atoms with van der Waals surface area (Å²) in [5.41, 5.74) is 1.39. The second-order valence-electron chi connectivity index (χ2n) is 9.47. The van der Waals surface area contributed by atoms with E-state index >= 15 is 0 Å². The third-order valence-electron chi connectivity index (χ3n) is 6.36. The van der Waals surface area contributed by atoms with Crippen molar-refractivity contribution in [3.8, 4) is 23.0 Å². The van der Waals surface area contributed by atoms with Gasteiger partial charge in [0.2, 0.25) is 0 Å². The van der Waals surface area contributed by atoms with Gasteiger partial charge in [0.25, 0.3) is 5.91 Å². The zero-order valence-electron chi connectivity index (χ0n) is 20.6. The number of carbonyl (C=O) groups excluding carboxylic acids is 1. The Balaban J connectivity index is 1.47. The van der Waals surface area contributed by atoms with Crippen LogP contribution in [0.3, 0.4) is 0 Å². The summed E-state index contributed by atoms with van der Waals surface area (Å²) in [7, 11) is 5.31. The largest absolute Gasteiger partial charge is 0.495 e. The zero-order chi connectivity index (χ0) is 24.3. The van der Waals surface area contributed by atoms with Crippen molar-refractivity contribution < 1.29 is 23.7 Å². The number of hydrogen-bond acceptors (Lipinski definition) is 6. The van der Waals surface area contributed by atoms with Gasteiger partial charge in [-0.15, -0.1) is 0 Å². The van der Waals surface area contributed by atoms with Crippen molar-refractivity contribution in [1.82, 2.24) is 4.90 Å². The summed E-state index contributed by atoms with van der Waals surface area (Å²) in [5.74, 6) is 2.69. The van der Waals surface area contributed by atoms with E-state index in [0.29, 0.717) is 46.8 Å². The van der Waals surface area contributed by atoms with Gasteiger partial charge in [-0.1, -0.05) is 0 Å². The summed E-state index contributed by atoms with van der Waals surface area (Å²) in [6.07, 6.45) is 6.16. The summed E-state index contributed by atoms with van der Waals surface area (Å²) >= 11 is 0. The SMILES string of the molecule is COc1cc(NC(=O)c2ccc3c(c2OC)C=CC(C)(C)O3)ccc1OCC1CCN(C)CC1. The molecule has 0 aromatic heterocycles. The van der Waals surface area contributed by atoms with Gasteiger partial charge in [-0.2, -0.15) is 0 Å². The average Bonchev–Trinajstić information content (AvgIpc) is 2.82. The number of fused-ring (bicyclic) bond motifs is 1. The number of carbonyl (C=O) groups is 1. The van der Waals surface area contributed by atoms with Crippen LogP contribution in [0.15, 0.2) is 36.4 Å². The maximum Gasteiger partial charge on any atom is 0.259 e. The molecule has 34 heavy (non-hydrogen) atoms. The van der Waals surface area contributed by atoms with E-state index in [1.54, 1.807) is 32.4 Å². The van der Waals surface area contributed by atoms with Crippen molar-refractivity contribution in [2.75, 3.05) is 46.3 Å². The molecule has 2 aromatic carbocycles. The molecule has 1 N–H and O–H groups in total. The molecule has 0 spiro atoms. The Hall–Kier alpha value is -3.19. The Bertz CT molecular complexity index is 1070. The number of nitrogens with zero attached hydrogens (tertiary/aromatic N) is 1. The van der Waals surface area contributed by atoms with E-state index in [1.807, 2.05) is 38.1 Å². The Kier molecular flexibility index (Phi) is 7.03. The molecule has 0 saturated carbocycles. The lowest BCUT2D eigenvalue weighted by molar-refractivity contribution is 0.102. The first kappa shape index (κ1) is 24.0. The number of methoxy groups -OCH3 is 2. The molecule has 7 heteroatoms. The minimum Gasteiger partial charge on any atom is -0.495 e. The van der Waals surface area contributed by atoms with Crippen LogP contribution in [0.1, 0.15) is 42.6 Å². The van der Waals surface area contributed by atoms with Crippen molar-refractivity contribution in [1.29, 1.82) is 0 Å². The number of hydrogen-bond donors (Lipinski definition) is 1. The Morgan fingerprint density at radius 1 is 1.12 bits per heavy atom. The van der Waals surface area contributed by atoms with Gasteiger partial charge in [-0.05, 0) is 89.2 Å². The van der Waals surface area contributed by atoms with E-state index in [-0.39, 0.29) is 5.91 Å². The van der Waals surface area contributed by atoms with Crippen LogP contribution in [0.4, 0.5) is 5.69 Å². The van der Waals surface area contributed by atoms with Gasteiger partial charge in [0.1, 0.15) is 17.1 Å². The predicted molar refractivity (Wildman–Crippen MR) is 133 cm³/mol. The molecule has 2 heterocycles. The monoisotopic (exact) mass is 466 g/mol. The molecule has 0 unspecified atom stereocenters. The second-order valence-corrected chi connectivity index (χ2v) is 9.47. The maximum absolute atomic E-state index is 13.1. The van der Waals surface area contributed by atoms with Crippen LogP contribution < -0.4 is 24.3 Å². The number of ether oxygens (including phenoxy) is 4. The third kappa shape index (κ3) is 5.30. The lowest BCUT2D eigenvalue weighted by Crippen LogP contribution is -2.32. The normalized spacial score (nSPS) is 17.4. The summed E-state index contributed by atoms with van der Waals surface area (Å²) in [6, 6.07) is 8.96. The van der Waals surface area contributed by atoms with Gasteiger partial charge in [0.15, 0.2) is 11.5 Å². The van der Waals surface area contributed by atoms with Crippen LogP contribution in [0.25, 0.3) is 6.08 Å². The molecule has 2 aliphatic rings. The highest BCUT2D eigenvalue weighted by molar-refractivity contribution is 6.07. The van der Waals surface area contributed by atoms with E-state index in [1.165, 1.54) is 0 Å². The highest BCUT2D eigenvalue weighted by atomic mass is 16.5. The molecular formula is C27H34N2O5. The molecule has 0 radical (unpaired) electrons. The number of likely N-dealkylation sites (tertiary alicyclic amines) is 1. The van der Waals surface area contributed by atoms with E-state index < -0.39 is 5.60 Å². The highest BCUT2D eigenvalue weighted by Gasteiger charge is 2.27. The first-order valence-corrected chi connectivity index (χ1v) is 11.7. The van der Waals surface area contributed by atoms with Crippen LogP contribution in [-0.4, -0.2) is 57.4 Å². The lowest BCUT2D eigenvalue weighted by atomic mass is 9.98. The first-order chi connectivity index (χ1) is 16.3. The van der Waals surface area contributed by atoms with E-state index in [9.17, 15) is 4.79 Å². The van der Waals surface area contributed by atoms with Crippen molar-refractivity contribution in [3.05, 3.63) is 47.5 Å². The Morgan fingerprint density at radius 3 is 2.59 bits per heavy atom. The van der Waals surface area contributed by atoms with Gasteiger partial charge in [0, 0.05) is 11.8 Å². The summed E-state index contributed by atoms with van der Waals surface area (Å²) < 4.78 is 23.2. The number of amides is 1. The highest BCUT2D eigenvalue weighted by Crippen LogP contribution is 2.39. The maximum atomic E-state index is 13.1. The van der Waals surface area contributed by atoms with Gasteiger partial charge in [0.05, 0.1) is 32.0 Å². The summed E-state index contributed by atoms with van der Waals surface area (Å²) in [4.78, 5) is 15.5. The van der Waals surface area contributed by atoms with Crippen molar-refractivity contribution in [3.63, 3.8) is 0 Å². The van der Waals surface area contributed by atoms with Crippen LogP contribution in [0, 0.1) is 5.92 Å². The van der Waals surface area contributed by atoms with Crippen molar-refractivity contribution in [2.24, 2.45) is 5.92 Å². The molecule has 7 nitrogen and oxygen atoms in total. The minimum atomic E-state index is -0.407. The molecule has 4 rings (SSSR count). The fourth-order valence-electron chi connectivity index (χ4n) is 4.33. The molecule has 0 aliphatic carbocycles. The van der Waals surface area contributed by atoms with E-state index in [2.05, 4.69) is 17.3 Å². The van der Waals surface area contributed by atoms with Crippen LogP contribution >= 0.6 is 0 Å². The molecule has 182 valence electrons. The van der Waals surface area contributed by atoms with Crippen LogP contribution in [-0.2, 0) is 0 Å². The van der Waals surface area contributed by atoms with Crippen LogP contribution in [0.2, 0.25) is 0 Å². The second kappa shape index (κ2) is 9.97. The fourth-order valence-corrected chi connectivity index (χ4v) is 4.33. The summed E-state index contributed by atoms with van der Waals surface area (Å²) in [5, 5.41) is 2.94. The Labute approximate surface area is 201 Å². The molecule has 0 atom stereocenters. The average molecular weight is 467 g/mol. The van der Waals surface area contributed by atoms with Gasteiger partial charge in [-0.25, -0.2) is 0 Å². The standard InChI is InChI=1S/C27H34N2O5/c1-27(2)13-10-20-22(34-27)9-7-21(25(20)32-5)26(30)28-19-6-8-23(24(16-19)31-4)33-17-18-11-14-29(3)15-12-18/h6-10,13,16,18H,11-12,14-15,17H2,1-5H3,(H,28,30). The van der Waals surface area contributed by atoms with Crippen molar-refractivity contribution >= 4 is 17.7 Å². The number of piperidine rings is 1. The van der Waals surface area contributed by atoms with Gasteiger partial charge < -0.3 is 29.2 Å². The minimum absolute atomic E-state index is 0.278. The predicted octanol–water partition coefficient (Wildman–Crippen LogP) is 4.86. The molecule has 1 amide bonds. The zero-order valence-corrected chi connectivity index (χ0v) is 20.6. The summed E-state index contributed by atoms with van der Waals surface area (Å²) in [6.45, 7) is 6.82. The molecule has 1 fully saturated rings. The van der Waals surface area contributed by atoms with Crippen LogP contribution in [0.5, 0.6) is 23.0 Å². The van der Waals surface area contributed by atoms with Crippen molar-refractivity contribution in [2.45, 2.75) is 32.3 Å². The van der Waals surface area contributed by atoms with Gasteiger partial charge in [-0.3, -0.25) is 4.79 Å². The smallest absolute Gasteiger partial charge is 0.259 e.